The van der Waals surface area contributed by atoms with Crippen LogP contribution in [-0.2, 0) is 29.7 Å². The minimum atomic E-state index is -2.16. The summed E-state index contributed by atoms with van der Waals surface area (Å²) in [5, 5.41) is 3.13. The maximum atomic E-state index is 12.2. The van der Waals surface area contributed by atoms with Gasteiger partial charge in [-0.05, 0) is 41.8 Å². The van der Waals surface area contributed by atoms with E-state index >= 15 is 0 Å². The molecule has 1 saturated heterocycles. The van der Waals surface area contributed by atoms with E-state index in [1.807, 2.05) is 30.3 Å². The second-order valence-corrected chi connectivity index (χ2v) is 22.0. The van der Waals surface area contributed by atoms with Crippen LogP contribution in [0.15, 0.2) is 30.3 Å². The van der Waals surface area contributed by atoms with Crippen LogP contribution in [0.2, 0.25) is 36.3 Å². The average molecular weight is 510 g/mol. The molecular formula is C26H47NO5Si2. The molecule has 2 rings (SSSR count). The summed E-state index contributed by atoms with van der Waals surface area (Å²) >= 11 is 0. The van der Waals surface area contributed by atoms with E-state index in [1.54, 1.807) is 0 Å². The van der Waals surface area contributed by atoms with Crippen molar-refractivity contribution in [1.29, 1.82) is 0 Å². The van der Waals surface area contributed by atoms with E-state index in [9.17, 15) is 4.79 Å². The van der Waals surface area contributed by atoms with Crippen molar-refractivity contribution in [2.75, 3.05) is 6.61 Å². The smallest absolute Gasteiger partial charge is 0.217 e. The van der Waals surface area contributed by atoms with Gasteiger partial charge in [0, 0.05) is 6.92 Å². The third-order valence-corrected chi connectivity index (χ3v) is 16.4. The number of amides is 1. The van der Waals surface area contributed by atoms with Crippen molar-refractivity contribution >= 4 is 22.5 Å². The molecule has 1 heterocycles. The van der Waals surface area contributed by atoms with Crippen LogP contribution in [0.5, 0.6) is 0 Å². The first-order chi connectivity index (χ1) is 15.4. The molecule has 0 saturated carbocycles. The number of carbonyl (C=O) groups is 1. The maximum Gasteiger partial charge on any atom is 0.217 e. The Bertz CT molecular complexity index is 802. The van der Waals surface area contributed by atoms with Gasteiger partial charge in [0.15, 0.2) is 22.9 Å². The molecule has 194 valence electrons. The summed E-state index contributed by atoms with van der Waals surface area (Å²) in [5.74, 6) is -0.118. The summed E-state index contributed by atoms with van der Waals surface area (Å²) in [6, 6.07) is 9.69. The van der Waals surface area contributed by atoms with E-state index in [0.717, 1.165) is 5.56 Å². The molecule has 8 heteroatoms. The molecule has 1 fully saturated rings. The van der Waals surface area contributed by atoms with Gasteiger partial charge < -0.3 is 23.6 Å². The molecule has 4 atom stereocenters. The molecule has 1 N–H and O–H groups in total. The van der Waals surface area contributed by atoms with Crippen LogP contribution in [0.3, 0.4) is 0 Å². The van der Waals surface area contributed by atoms with Crippen LogP contribution < -0.4 is 5.32 Å². The van der Waals surface area contributed by atoms with Crippen molar-refractivity contribution in [3.05, 3.63) is 35.9 Å². The number of ether oxygens (including phenoxy) is 2. The molecule has 1 aliphatic rings. The van der Waals surface area contributed by atoms with Crippen LogP contribution in [0.1, 0.15) is 54.0 Å². The summed E-state index contributed by atoms with van der Waals surface area (Å²) in [4.78, 5) is 12.2. The van der Waals surface area contributed by atoms with Crippen molar-refractivity contribution in [3.8, 4) is 0 Å². The van der Waals surface area contributed by atoms with E-state index in [4.69, 9.17) is 18.3 Å². The molecule has 1 aromatic carbocycles. The Morgan fingerprint density at radius 3 is 1.97 bits per heavy atom. The standard InChI is InChI=1S/C26H47NO5Si2/c1-19(28)27-22-23(31-33(8,9)25(2,3)4)21(18-29-17-20-15-13-12-14-16-20)30-24(22)32-34(10,11)26(5,6)7/h12-16,21-24H,17-18H2,1-11H3,(H,27,28)/t21-,22+,23?,24+/m1/s1. The van der Waals surface area contributed by atoms with E-state index in [2.05, 4.69) is 73.0 Å². The highest BCUT2D eigenvalue weighted by Gasteiger charge is 2.53. The van der Waals surface area contributed by atoms with Gasteiger partial charge in [-0.15, -0.1) is 0 Å². The topological polar surface area (TPSA) is 66.0 Å². The zero-order valence-electron chi connectivity index (χ0n) is 23.2. The Labute approximate surface area is 209 Å². The Morgan fingerprint density at radius 2 is 1.47 bits per heavy atom. The normalized spacial score (nSPS) is 24.3. The molecule has 34 heavy (non-hydrogen) atoms. The predicted molar refractivity (Wildman–Crippen MR) is 143 cm³/mol. The first-order valence-corrected chi connectivity index (χ1v) is 18.2. The lowest BCUT2D eigenvalue weighted by atomic mass is 10.1. The second-order valence-electron chi connectivity index (χ2n) is 12.5. The average Bonchev–Trinajstić information content (AvgIpc) is 2.96. The summed E-state index contributed by atoms with van der Waals surface area (Å²) in [6.45, 7) is 24.5. The number of hydrogen-bond acceptors (Lipinski definition) is 5. The minimum Gasteiger partial charge on any atom is -0.409 e. The zero-order valence-corrected chi connectivity index (χ0v) is 25.2. The van der Waals surface area contributed by atoms with Gasteiger partial charge in [0.1, 0.15) is 12.1 Å². The van der Waals surface area contributed by atoms with Gasteiger partial charge >= 0.3 is 0 Å². The van der Waals surface area contributed by atoms with Crippen molar-refractivity contribution < 1.29 is 23.1 Å². The number of carbonyl (C=O) groups excluding carboxylic acids is 1. The van der Waals surface area contributed by atoms with Gasteiger partial charge in [-0.2, -0.15) is 0 Å². The number of hydrogen-bond donors (Lipinski definition) is 1. The van der Waals surface area contributed by atoms with Crippen LogP contribution >= 0.6 is 0 Å². The lowest BCUT2D eigenvalue weighted by molar-refractivity contribution is -0.126. The molecule has 0 aliphatic carbocycles. The third kappa shape index (κ3) is 7.48. The van der Waals surface area contributed by atoms with Gasteiger partial charge in [0.05, 0.1) is 19.3 Å². The lowest BCUT2D eigenvalue weighted by Gasteiger charge is -2.41. The largest absolute Gasteiger partial charge is 0.409 e. The fourth-order valence-corrected chi connectivity index (χ4v) is 5.81. The minimum absolute atomic E-state index is 0.00874. The van der Waals surface area contributed by atoms with Gasteiger partial charge in [-0.1, -0.05) is 71.9 Å². The van der Waals surface area contributed by atoms with Crippen LogP contribution in [0.4, 0.5) is 0 Å². The second kappa shape index (κ2) is 10.9. The summed E-state index contributed by atoms with van der Waals surface area (Å²) in [6.07, 6.45) is -1.27. The van der Waals surface area contributed by atoms with E-state index in [1.165, 1.54) is 6.92 Å². The van der Waals surface area contributed by atoms with Crippen LogP contribution in [0, 0.1) is 0 Å². The Morgan fingerprint density at radius 1 is 0.941 bits per heavy atom. The fraction of sp³-hybridized carbons (Fsp3) is 0.731. The highest BCUT2D eigenvalue weighted by Crippen LogP contribution is 2.42. The van der Waals surface area contributed by atoms with E-state index in [-0.39, 0.29) is 28.2 Å². The highest BCUT2D eigenvalue weighted by molar-refractivity contribution is 6.74. The van der Waals surface area contributed by atoms with Crippen LogP contribution in [0.25, 0.3) is 0 Å². The molecule has 0 aromatic heterocycles. The fourth-order valence-electron chi connectivity index (χ4n) is 3.34. The van der Waals surface area contributed by atoms with Gasteiger partial charge in [-0.25, -0.2) is 0 Å². The summed E-state index contributed by atoms with van der Waals surface area (Å²) in [7, 11) is -4.33. The molecule has 1 aliphatic heterocycles. The maximum absolute atomic E-state index is 12.2. The molecule has 0 radical (unpaired) electrons. The molecular weight excluding hydrogens is 462 g/mol. The van der Waals surface area contributed by atoms with Crippen molar-refractivity contribution in [1.82, 2.24) is 5.32 Å². The van der Waals surface area contributed by atoms with E-state index in [0.29, 0.717) is 13.2 Å². The number of rotatable bonds is 9. The molecule has 6 nitrogen and oxygen atoms in total. The first-order valence-electron chi connectivity index (χ1n) is 12.3. The van der Waals surface area contributed by atoms with Gasteiger partial charge in [0.25, 0.3) is 0 Å². The van der Waals surface area contributed by atoms with Crippen molar-refractivity contribution in [3.63, 3.8) is 0 Å². The molecule has 1 amide bonds. The van der Waals surface area contributed by atoms with Crippen molar-refractivity contribution in [2.45, 2.75) is 116 Å². The quantitative estimate of drug-likeness (QED) is 0.423. The van der Waals surface area contributed by atoms with E-state index < -0.39 is 29.0 Å². The number of benzene rings is 1. The molecule has 0 spiro atoms. The first kappa shape index (κ1) is 29.2. The Kier molecular flexibility index (Phi) is 9.38. The zero-order chi connectivity index (χ0) is 25.9. The van der Waals surface area contributed by atoms with Crippen LogP contribution in [-0.4, -0.2) is 53.7 Å². The Hall–Kier alpha value is -1.04. The summed E-state index contributed by atoms with van der Waals surface area (Å²) in [5.41, 5.74) is 1.11. The third-order valence-electron chi connectivity index (χ3n) is 7.54. The molecule has 1 aromatic rings. The lowest BCUT2D eigenvalue weighted by Crippen LogP contribution is -2.56. The molecule has 0 bridgehead atoms. The molecule has 1 unspecified atom stereocenters. The monoisotopic (exact) mass is 509 g/mol. The Balaban J connectivity index is 2.31. The predicted octanol–water partition coefficient (Wildman–Crippen LogP) is 5.85. The van der Waals surface area contributed by atoms with Gasteiger partial charge in [0.2, 0.25) is 5.91 Å². The highest BCUT2D eigenvalue weighted by atomic mass is 28.4. The SMILES string of the molecule is CC(=O)N[C@H]1C(O[Si](C)(C)C(C)(C)C)[C@@H](COCc2ccccc2)O[C@H]1O[Si](C)(C)C(C)(C)C. The van der Waals surface area contributed by atoms with Crippen molar-refractivity contribution in [2.24, 2.45) is 0 Å². The van der Waals surface area contributed by atoms with Gasteiger partial charge in [-0.3, -0.25) is 4.79 Å². The number of nitrogens with one attached hydrogen (secondary N) is 1. The summed E-state index contributed by atoms with van der Waals surface area (Å²) < 4.78 is 26.1.